The highest BCUT2D eigenvalue weighted by molar-refractivity contribution is 7.99. The van der Waals surface area contributed by atoms with Gasteiger partial charge in [-0.05, 0) is 48.5 Å². The molecule has 5 nitrogen and oxygen atoms in total. The number of rotatable bonds is 3. The molecule has 0 spiro atoms. The number of aromatic amines is 1. The van der Waals surface area contributed by atoms with Gasteiger partial charge in [0.2, 0.25) is 0 Å². The van der Waals surface area contributed by atoms with E-state index in [1.54, 1.807) is 18.3 Å². The molecule has 1 aromatic carbocycles. The standard InChI is InChI=1S/C14H13N5S/c1-8-4-5-10-11(7-8)19-14(18-10)20-13-9(12(15)16)3-2-6-17-13/h2-7H,1H3,(H3,15,16)(H,18,19). The largest absolute Gasteiger partial charge is 0.384 e. The fraction of sp³-hybridized carbons (Fsp3) is 0.0714. The molecule has 0 saturated heterocycles. The Morgan fingerprint density at radius 2 is 2.20 bits per heavy atom. The number of nitrogens with two attached hydrogens (primary N) is 1. The fourth-order valence-electron chi connectivity index (χ4n) is 1.92. The second kappa shape index (κ2) is 4.97. The minimum absolute atomic E-state index is 0.00700. The Balaban J connectivity index is 1.99. The Morgan fingerprint density at radius 3 is 3.00 bits per heavy atom. The first-order valence-electron chi connectivity index (χ1n) is 6.07. The van der Waals surface area contributed by atoms with Crippen molar-refractivity contribution in [1.29, 1.82) is 5.41 Å². The summed E-state index contributed by atoms with van der Waals surface area (Å²) in [6, 6.07) is 9.61. The molecular weight excluding hydrogens is 270 g/mol. The number of aryl methyl sites for hydroxylation is 1. The van der Waals surface area contributed by atoms with Crippen LogP contribution in [-0.4, -0.2) is 20.8 Å². The van der Waals surface area contributed by atoms with Crippen LogP contribution < -0.4 is 5.73 Å². The van der Waals surface area contributed by atoms with Gasteiger partial charge in [-0.1, -0.05) is 6.07 Å². The molecule has 100 valence electrons. The number of aromatic nitrogens is 3. The molecule has 0 aliphatic rings. The summed E-state index contributed by atoms with van der Waals surface area (Å²) in [4.78, 5) is 12.0. The van der Waals surface area contributed by atoms with Crippen molar-refractivity contribution in [3.8, 4) is 0 Å². The molecule has 0 amide bonds. The Morgan fingerprint density at radius 1 is 1.35 bits per heavy atom. The highest BCUT2D eigenvalue weighted by atomic mass is 32.2. The molecular formula is C14H13N5S. The molecule has 0 fully saturated rings. The van der Waals surface area contributed by atoms with Crippen molar-refractivity contribution >= 4 is 28.6 Å². The average molecular weight is 283 g/mol. The number of amidine groups is 1. The minimum atomic E-state index is 0.00700. The molecule has 0 saturated carbocycles. The summed E-state index contributed by atoms with van der Waals surface area (Å²) in [5.74, 6) is 0.00700. The van der Waals surface area contributed by atoms with Crippen molar-refractivity contribution in [3.05, 3.63) is 47.7 Å². The van der Waals surface area contributed by atoms with Crippen LogP contribution in [0.15, 0.2) is 46.7 Å². The highest BCUT2D eigenvalue weighted by Crippen LogP contribution is 2.28. The lowest BCUT2D eigenvalue weighted by Crippen LogP contribution is -2.12. The summed E-state index contributed by atoms with van der Waals surface area (Å²) in [6.45, 7) is 2.04. The highest BCUT2D eigenvalue weighted by Gasteiger charge is 2.11. The van der Waals surface area contributed by atoms with Crippen molar-refractivity contribution in [3.63, 3.8) is 0 Å². The van der Waals surface area contributed by atoms with Crippen LogP contribution in [0.5, 0.6) is 0 Å². The van der Waals surface area contributed by atoms with Crippen molar-refractivity contribution in [2.45, 2.75) is 17.1 Å². The fourth-order valence-corrected chi connectivity index (χ4v) is 2.81. The molecule has 0 unspecified atom stereocenters. The van der Waals surface area contributed by atoms with Gasteiger partial charge in [0, 0.05) is 11.8 Å². The maximum atomic E-state index is 7.57. The Hall–Kier alpha value is -2.34. The number of nitrogen functional groups attached to an aromatic ring is 1. The average Bonchev–Trinajstić information content (AvgIpc) is 2.80. The van der Waals surface area contributed by atoms with Crippen LogP contribution in [0.25, 0.3) is 11.0 Å². The van der Waals surface area contributed by atoms with E-state index in [0.29, 0.717) is 10.6 Å². The maximum Gasteiger partial charge on any atom is 0.172 e. The third-order valence-corrected chi connectivity index (χ3v) is 3.78. The van der Waals surface area contributed by atoms with E-state index in [4.69, 9.17) is 11.1 Å². The molecule has 2 heterocycles. The van der Waals surface area contributed by atoms with Crippen LogP contribution in [0.4, 0.5) is 0 Å². The van der Waals surface area contributed by atoms with E-state index in [1.165, 1.54) is 17.3 Å². The Bertz CT molecular complexity index is 793. The summed E-state index contributed by atoms with van der Waals surface area (Å²) in [5.41, 5.74) is 9.27. The van der Waals surface area contributed by atoms with E-state index >= 15 is 0 Å². The number of hydrogen-bond acceptors (Lipinski definition) is 4. The van der Waals surface area contributed by atoms with Gasteiger partial charge >= 0.3 is 0 Å². The van der Waals surface area contributed by atoms with E-state index in [0.717, 1.165) is 16.2 Å². The number of hydrogen-bond donors (Lipinski definition) is 3. The number of nitrogens with zero attached hydrogens (tertiary/aromatic N) is 2. The van der Waals surface area contributed by atoms with Crippen LogP contribution in [0.3, 0.4) is 0 Å². The second-order valence-corrected chi connectivity index (χ2v) is 5.41. The summed E-state index contributed by atoms with van der Waals surface area (Å²) in [5, 5.41) is 8.99. The van der Waals surface area contributed by atoms with Crippen LogP contribution in [0.1, 0.15) is 11.1 Å². The van der Waals surface area contributed by atoms with Crippen molar-refractivity contribution < 1.29 is 0 Å². The molecule has 20 heavy (non-hydrogen) atoms. The maximum absolute atomic E-state index is 7.57. The predicted octanol–water partition coefficient (Wildman–Crippen LogP) is 2.70. The first kappa shape index (κ1) is 12.7. The van der Waals surface area contributed by atoms with Gasteiger partial charge in [-0.25, -0.2) is 9.97 Å². The first-order chi connectivity index (χ1) is 9.63. The van der Waals surface area contributed by atoms with Gasteiger partial charge in [-0.3, -0.25) is 5.41 Å². The molecule has 6 heteroatoms. The molecule has 2 aromatic heterocycles. The van der Waals surface area contributed by atoms with Crippen LogP contribution in [-0.2, 0) is 0 Å². The summed E-state index contributed by atoms with van der Waals surface area (Å²) in [7, 11) is 0. The molecule has 0 radical (unpaired) electrons. The van der Waals surface area contributed by atoms with Gasteiger partial charge in [0.05, 0.1) is 11.0 Å². The number of benzene rings is 1. The van der Waals surface area contributed by atoms with Crippen molar-refractivity contribution in [1.82, 2.24) is 15.0 Å². The Labute approximate surface area is 120 Å². The van der Waals surface area contributed by atoms with Crippen molar-refractivity contribution in [2.75, 3.05) is 0 Å². The topological polar surface area (TPSA) is 91.4 Å². The predicted molar refractivity (Wildman–Crippen MR) is 80.2 cm³/mol. The number of fused-ring (bicyclic) bond motifs is 1. The normalized spacial score (nSPS) is 10.8. The van der Waals surface area contributed by atoms with E-state index < -0.39 is 0 Å². The van der Waals surface area contributed by atoms with E-state index in [9.17, 15) is 0 Å². The molecule has 0 aliphatic heterocycles. The lowest BCUT2D eigenvalue weighted by Gasteiger charge is -2.03. The quantitative estimate of drug-likeness (QED) is 0.509. The number of imidazole rings is 1. The van der Waals surface area contributed by atoms with Crippen LogP contribution in [0, 0.1) is 12.3 Å². The summed E-state index contributed by atoms with van der Waals surface area (Å²) < 4.78 is 0. The van der Waals surface area contributed by atoms with E-state index in [-0.39, 0.29) is 5.84 Å². The first-order valence-corrected chi connectivity index (χ1v) is 6.89. The number of pyridine rings is 1. The zero-order valence-corrected chi connectivity index (χ0v) is 11.7. The zero-order chi connectivity index (χ0) is 14.1. The summed E-state index contributed by atoms with van der Waals surface area (Å²) in [6.07, 6.45) is 1.68. The second-order valence-electron chi connectivity index (χ2n) is 4.43. The SMILES string of the molecule is Cc1ccc2nc(Sc3ncccc3C(=N)N)[nH]c2c1. The number of nitrogens with one attached hydrogen (secondary N) is 2. The van der Waals surface area contributed by atoms with E-state index in [2.05, 4.69) is 21.0 Å². The molecule has 0 aliphatic carbocycles. The molecule has 0 atom stereocenters. The van der Waals surface area contributed by atoms with Gasteiger partial charge in [0.25, 0.3) is 0 Å². The summed E-state index contributed by atoms with van der Waals surface area (Å²) >= 11 is 1.38. The molecule has 3 rings (SSSR count). The molecule has 3 aromatic rings. The van der Waals surface area contributed by atoms with Gasteiger partial charge in [0.1, 0.15) is 10.9 Å². The van der Waals surface area contributed by atoms with Crippen molar-refractivity contribution in [2.24, 2.45) is 5.73 Å². The molecule has 4 N–H and O–H groups in total. The Kier molecular flexibility index (Phi) is 3.15. The van der Waals surface area contributed by atoms with Crippen LogP contribution in [0.2, 0.25) is 0 Å². The van der Waals surface area contributed by atoms with Gasteiger partial charge in [-0.15, -0.1) is 0 Å². The third-order valence-electron chi connectivity index (χ3n) is 2.87. The smallest absolute Gasteiger partial charge is 0.172 e. The minimum Gasteiger partial charge on any atom is -0.384 e. The van der Waals surface area contributed by atoms with E-state index in [1.807, 2.05) is 19.1 Å². The lowest BCUT2D eigenvalue weighted by molar-refractivity contribution is 1.05. The zero-order valence-electron chi connectivity index (χ0n) is 10.8. The third kappa shape index (κ3) is 2.37. The van der Waals surface area contributed by atoms with Gasteiger partial charge in [0.15, 0.2) is 5.16 Å². The van der Waals surface area contributed by atoms with Gasteiger partial charge in [-0.2, -0.15) is 0 Å². The number of H-pyrrole nitrogens is 1. The lowest BCUT2D eigenvalue weighted by atomic mass is 10.2. The molecule has 0 bridgehead atoms. The monoisotopic (exact) mass is 283 g/mol. The van der Waals surface area contributed by atoms with Crippen LogP contribution >= 0.6 is 11.8 Å². The van der Waals surface area contributed by atoms with Gasteiger partial charge < -0.3 is 10.7 Å².